The molecule has 0 radical (unpaired) electrons. The maximum Gasteiger partial charge on any atom is 0.230 e. The van der Waals surface area contributed by atoms with Gasteiger partial charge in [0.25, 0.3) is 0 Å². The highest BCUT2D eigenvalue weighted by atomic mass is 32.2. The van der Waals surface area contributed by atoms with Crippen molar-refractivity contribution in [2.45, 2.75) is 71.1 Å². The zero-order chi connectivity index (χ0) is 18.9. The van der Waals surface area contributed by atoms with Gasteiger partial charge < -0.3 is 9.88 Å². The van der Waals surface area contributed by atoms with Crippen LogP contribution in [0.25, 0.3) is 11.4 Å². The topological polar surface area (TPSA) is 59.8 Å². The number of carbonyl (C=O) groups is 1. The van der Waals surface area contributed by atoms with Crippen LogP contribution < -0.4 is 5.32 Å². The molecule has 0 saturated carbocycles. The van der Waals surface area contributed by atoms with E-state index in [0.717, 1.165) is 35.9 Å². The van der Waals surface area contributed by atoms with Gasteiger partial charge in [-0.2, -0.15) is 0 Å². The molecule has 1 atom stereocenters. The molecule has 1 heterocycles. The highest BCUT2D eigenvalue weighted by molar-refractivity contribution is 7.99. The van der Waals surface area contributed by atoms with Crippen molar-refractivity contribution in [2.24, 2.45) is 0 Å². The van der Waals surface area contributed by atoms with Crippen LogP contribution in [0.5, 0.6) is 0 Å². The molecule has 1 N–H and O–H groups in total. The van der Waals surface area contributed by atoms with Gasteiger partial charge in [-0.05, 0) is 33.3 Å². The van der Waals surface area contributed by atoms with Gasteiger partial charge in [-0.25, -0.2) is 0 Å². The Hall–Kier alpha value is -1.82. The number of hydrogen-bond acceptors (Lipinski definition) is 4. The summed E-state index contributed by atoms with van der Waals surface area (Å²) in [4.78, 5) is 12.2. The first kappa shape index (κ1) is 20.5. The number of amides is 1. The molecule has 0 aliphatic carbocycles. The number of thioether (sulfide) groups is 1. The van der Waals surface area contributed by atoms with Gasteiger partial charge in [-0.15, -0.1) is 10.2 Å². The largest absolute Gasteiger partial charge is 0.353 e. The van der Waals surface area contributed by atoms with Crippen LogP contribution in [0, 0.1) is 6.92 Å². The molecule has 5 nitrogen and oxygen atoms in total. The number of nitrogens with one attached hydrogen (secondary N) is 1. The third kappa shape index (κ3) is 5.87. The third-order valence-electron chi connectivity index (χ3n) is 4.29. The van der Waals surface area contributed by atoms with E-state index in [1.807, 2.05) is 12.1 Å². The minimum atomic E-state index is 0.0572. The lowest BCUT2D eigenvalue weighted by molar-refractivity contribution is -0.119. The summed E-state index contributed by atoms with van der Waals surface area (Å²) in [6.07, 6.45) is 4.62. The molecule has 0 spiro atoms. The number of carbonyl (C=O) groups excluding carboxylic acids is 1. The summed E-state index contributed by atoms with van der Waals surface area (Å²) < 4.78 is 2.07. The number of nitrogens with zero attached hydrogens (tertiary/aromatic N) is 3. The lowest BCUT2D eigenvalue weighted by Gasteiger charge is -2.13. The minimum Gasteiger partial charge on any atom is -0.353 e. The second-order valence-corrected chi connectivity index (χ2v) is 7.62. The van der Waals surface area contributed by atoms with E-state index >= 15 is 0 Å². The number of unbranched alkanes of at least 4 members (excludes halogenated alkanes) is 2. The summed E-state index contributed by atoms with van der Waals surface area (Å²) in [5.41, 5.74) is 2.25. The Kier molecular flexibility index (Phi) is 8.16. The average Bonchev–Trinajstić information content (AvgIpc) is 3.03. The molecule has 0 bridgehead atoms. The van der Waals surface area contributed by atoms with Crippen LogP contribution in [-0.2, 0) is 11.3 Å². The van der Waals surface area contributed by atoms with Crippen molar-refractivity contribution in [3.8, 4) is 11.4 Å². The smallest absolute Gasteiger partial charge is 0.230 e. The van der Waals surface area contributed by atoms with Gasteiger partial charge in [0.15, 0.2) is 11.0 Å². The lowest BCUT2D eigenvalue weighted by atomic mass is 10.1. The van der Waals surface area contributed by atoms with Crippen LogP contribution in [0.1, 0.15) is 52.0 Å². The predicted molar refractivity (Wildman–Crippen MR) is 108 cm³/mol. The Labute approximate surface area is 161 Å². The van der Waals surface area contributed by atoms with Crippen molar-refractivity contribution in [1.29, 1.82) is 0 Å². The minimum absolute atomic E-state index is 0.0572. The summed E-state index contributed by atoms with van der Waals surface area (Å²) in [5, 5.41) is 12.5. The van der Waals surface area contributed by atoms with Crippen molar-refractivity contribution in [1.82, 2.24) is 20.1 Å². The highest BCUT2D eigenvalue weighted by Gasteiger charge is 2.15. The molecule has 1 unspecified atom stereocenters. The van der Waals surface area contributed by atoms with Gasteiger partial charge >= 0.3 is 0 Å². The Balaban J connectivity index is 1.95. The van der Waals surface area contributed by atoms with Gasteiger partial charge in [0.2, 0.25) is 5.91 Å². The Bertz CT molecular complexity index is 714. The first-order valence-corrected chi connectivity index (χ1v) is 10.5. The number of rotatable bonds is 10. The van der Waals surface area contributed by atoms with Gasteiger partial charge in [-0.3, -0.25) is 4.79 Å². The van der Waals surface area contributed by atoms with Gasteiger partial charge in [0.05, 0.1) is 5.75 Å². The molecule has 2 aromatic rings. The summed E-state index contributed by atoms with van der Waals surface area (Å²) in [5.74, 6) is 1.28. The third-order valence-corrected chi connectivity index (χ3v) is 5.26. The number of benzene rings is 1. The second-order valence-electron chi connectivity index (χ2n) is 6.67. The van der Waals surface area contributed by atoms with Crippen LogP contribution in [0.4, 0.5) is 0 Å². The fraction of sp³-hybridized carbons (Fsp3) is 0.550. The highest BCUT2D eigenvalue weighted by Crippen LogP contribution is 2.24. The fourth-order valence-corrected chi connectivity index (χ4v) is 3.71. The lowest BCUT2D eigenvalue weighted by Crippen LogP contribution is -2.33. The first-order valence-electron chi connectivity index (χ1n) is 9.47. The summed E-state index contributed by atoms with van der Waals surface area (Å²) in [6, 6.07) is 8.47. The monoisotopic (exact) mass is 374 g/mol. The van der Waals surface area contributed by atoms with Crippen LogP contribution in [0.15, 0.2) is 29.4 Å². The first-order chi connectivity index (χ1) is 12.5. The molecule has 0 fully saturated rings. The zero-order valence-corrected chi connectivity index (χ0v) is 17.1. The number of aryl methyl sites for hydroxylation is 1. The van der Waals surface area contributed by atoms with Crippen molar-refractivity contribution < 1.29 is 4.79 Å². The van der Waals surface area contributed by atoms with Crippen LogP contribution in [0.3, 0.4) is 0 Å². The summed E-state index contributed by atoms with van der Waals surface area (Å²) >= 11 is 1.45. The van der Waals surface area contributed by atoms with E-state index in [9.17, 15) is 4.79 Å². The maximum absolute atomic E-state index is 12.2. The molecular formula is C20H30N4OS. The predicted octanol–water partition coefficient (Wildman–Crippen LogP) is 4.45. The molecule has 142 valence electrons. The van der Waals surface area contributed by atoms with E-state index in [4.69, 9.17) is 0 Å². The van der Waals surface area contributed by atoms with Gasteiger partial charge in [0, 0.05) is 18.2 Å². The summed E-state index contributed by atoms with van der Waals surface area (Å²) in [7, 11) is 0. The van der Waals surface area contributed by atoms with Crippen LogP contribution in [0.2, 0.25) is 0 Å². The molecule has 1 amide bonds. The van der Waals surface area contributed by atoms with E-state index in [-0.39, 0.29) is 11.9 Å². The molecule has 0 aliphatic heterocycles. The van der Waals surface area contributed by atoms with Crippen molar-refractivity contribution >= 4 is 17.7 Å². The van der Waals surface area contributed by atoms with Crippen molar-refractivity contribution in [3.63, 3.8) is 0 Å². The van der Waals surface area contributed by atoms with Gasteiger partial charge in [-0.1, -0.05) is 61.7 Å². The van der Waals surface area contributed by atoms with E-state index in [1.54, 1.807) is 0 Å². The van der Waals surface area contributed by atoms with E-state index in [1.165, 1.54) is 30.2 Å². The fourth-order valence-electron chi connectivity index (χ4n) is 2.90. The Morgan fingerprint density at radius 3 is 2.77 bits per heavy atom. The average molecular weight is 375 g/mol. The molecule has 6 heteroatoms. The number of hydrogen-bond donors (Lipinski definition) is 1. The molecule has 2 rings (SSSR count). The molecule has 0 saturated heterocycles. The quantitative estimate of drug-likeness (QED) is 0.493. The Morgan fingerprint density at radius 1 is 1.27 bits per heavy atom. The second kappa shape index (κ2) is 10.4. The normalized spacial score (nSPS) is 12.2. The van der Waals surface area contributed by atoms with Gasteiger partial charge in [0.1, 0.15) is 0 Å². The molecule has 1 aromatic heterocycles. The van der Waals surface area contributed by atoms with E-state index in [2.05, 4.69) is 59.9 Å². The van der Waals surface area contributed by atoms with Crippen molar-refractivity contribution in [2.75, 3.05) is 5.75 Å². The number of aromatic nitrogens is 3. The van der Waals surface area contributed by atoms with Crippen molar-refractivity contribution in [3.05, 3.63) is 29.8 Å². The standard InChI is InChI=1S/C20H30N4OS/c1-5-7-8-11-16(4)21-18(25)14-26-20-23-22-19(24(20)6-2)17-12-9-10-15(3)13-17/h9-10,12-13,16H,5-8,11,14H2,1-4H3,(H,21,25). The van der Waals surface area contributed by atoms with E-state index < -0.39 is 0 Å². The molecule has 26 heavy (non-hydrogen) atoms. The Morgan fingerprint density at radius 2 is 2.08 bits per heavy atom. The zero-order valence-electron chi connectivity index (χ0n) is 16.3. The SMILES string of the molecule is CCCCCC(C)NC(=O)CSc1nnc(-c2cccc(C)c2)n1CC. The molecule has 0 aliphatic rings. The van der Waals surface area contributed by atoms with E-state index in [0.29, 0.717) is 5.75 Å². The summed E-state index contributed by atoms with van der Waals surface area (Å²) in [6.45, 7) is 9.17. The van der Waals surface area contributed by atoms with Crippen LogP contribution >= 0.6 is 11.8 Å². The molecular weight excluding hydrogens is 344 g/mol. The van der Waals surface area contributed by atoms with Crippen LogP contribution in [-0.4, -0.2) is 32.5 Å². The maximum atomic E-state index is 12.2. The molecule has 1 aromatic carbocycles.